The summed E-state index contributed by atoms with van der Waals surface area (Å²) in [5, 5.41) is 22.4. The number of fused-ring (bicyclic) bond motifs is 1. The maximum atomic E-state index is 13.4. The molecule has 0 unspecified atom stereocenters. The predicted octanol–water partition coefficient (Wildman–Crippen LogP) is 3.48. The van der Waals surface area contributed by atoms with Gasteiger partial charge in [-0.3, -0.25) is 19.7 Å². The first-order valence-corrected chi connectivity index (χ1v) is 9.94. The fraction of sp³-hybridized carbons (Fsp3) is 0.217. The van der Waals surface area contributed by atoms with Gasteiger partial charge in [-0.25, -0.2) is 0 Å². The van der Waals surface area contributed by atoms with Crippen molar-refractivity contribution in [1.82, 2.24) is 9.80 Å². The molecule has 1 N–H and O–H groups in total. The SMILES string of the molecule is CN(C)CCN1C(=O)C(O)=C(C(=O)c2cc3ccccc3o2)[C@H]1c1ccc([N+](=O)[O-])cc1. The first-order chi connectivity index (χ1) is 15.3. The quantitative estimate of drug-likeness (QED) is 0.343. The number of rotatable bonds is 7. The normalized spacial score (nSPS) is 16.4. The van der Waals surface area contributed by atoms with Gasteiger partial charge in [0, 0.05) is 30.6 Å². The van der Waals surface area contributed by atoms with E-state index in [1.807, 2.05) is 25.1 Å². The van der Waals surface area contributed by atoms with Gasteiger partial charge in [-0.1, -0.05) is 18.2 Å². The summed E-state index contributed by atoms with van der Waals surface area (Å²) < 4.78 is 5.67. The number of ketones is 1. The molecule has 1 aliphatic heterocycles. The van der Waals surface area contributed by atoms with Gasteiger partial charge in [-0.05, 0) is 43.9 Å². The average molecular weight is 435 g/mol. The highest BCUT2D eigenvalue weighted by Crippen LogP contribution is 2.39. The van der Waals surface area contributed by atoms with E-state index in [9.17, 15) is 24.8 Å². The summed E-state index contributed by atoms with van der Waals surface area (Å²) in [6, 6.07) is 13.4. The number of aliphatic hydroxyl groups is 1. The zero-order valence-corrected chi connectivity index (χ0v) is 17.5. The topological polar surface area (TPSA) is 117 Å². The van der Waals surface area contributed by atoms with Crippen LogP contribution in [0.3, 0.4) is 0 Å². The fourth-order valence-corrected chi connectivity index (χ4v) is 3.78. The lowest BCUT2D eigenvalue weighted by Crippen LogP contribution is -2.36. The van der Waals surface area contributed by atoms with E-state index in [-0.39, 0.29) is 23.6 Å². The Balaban J connectivity index is 1.78. The molecule has 0 saturated carbocycles. The van der Waals surface area contributed by atoms with Crippen LogP contribution in [0.5, 0.6) is 0 Å². The zero-order valence-electron chi connectivity index (χ0n) is 17.5. The van der Waals surface area contributed by atoms with Gasteiger partial charge in [-0.2, -0.15) is 0 Å². The molecule has 0 saturated heterocycles. The van der Waals surface area contributed by atoms with E-state index in [1.165, 1.54) is 29.2 Å². The summed E-state index contributed by atoms with van der Waals surface area (Å²) in [7, 11) is 3.68. The summed E-state index contributed by atoms with van der Waals surface area (Å²) in [5.41, 5.74) is 0.765. The van der Waals surface area contributed by atoms with Gasteiger partial charge < -0.3 is 19.3 Å². The number of likely N-dealkylation sites (N-methyl/N-ethyl adjacent to an activating group) is 1. The molecule has 9 nitrogen and oxygen atoms in total. The molecule has 2 aromatic carbocycles. The third-order valence-electron chi connectivity index (χ3n) is 5.41. The number of hydrogen-bond acceptors (Lipinski definition) is 7. The van der Waals surface area contributed by atoms with Crippen LogP contribution in [0.25, 0.3) is 11.0 Å². The summed E-state index contributed by atoms with van der Waals surface area (Å²) in [6.07, 6.45) is 0. The van der Waals surface area contributed by atoms with Crippen LogP contribution >= 0.6 is 0 Å². The molecule has 1 amide bonds. The highest BCUT2D eigenvalue weighted by atomic mass is 16.6. The molecule has 3 aromatic rings. The van der Waals surface area contributed by atoms with Gasteiger partial charge in [0.15, 0.2) is 11.5 Å². The number of carbonyl (C=O) groups excluding carboxylic acids is 2. The van der Waals surface area contributed by atoms with Gasteiger partial charge in [0.2, 0.25) is 5.78 Å². The van der Waals surface area contributed by atoms with Gasteiger partial charge in [0.25, 0.3) is 11.6 Å². The Kier molecular flexibility index (Phi) is 5.50. The van der Waals surface area contributed by atoms with Crippen LogP contribution in [0.4, 0.5) is 5.69 Å². The Morgan fingerprint density at radius 2 is 1.88 bits per heavy atom. The Bertz CT molecular complexity index is 1210. The van der Waals surface area contributed by atoms with Crippen molar-refractivity contribution >= 4 is 28.3 Å². The number of nitrogens with zero attached hydrogens (tertiary/aromatic N) is 3. The van der Waals surface area contributed by atoms with E-state index in [1.54, 1.807) is 24.3 Å². The summed E-state index contributed by atoms with van der Waals surface area (Å²) >= 11 is 0. The van der Waals surface area contributed by atoms with Crippen molar-refractivity contribution < 1.29 is 24.0 Å². The van der Waals surface area contributed by atoms with Gasteiger partial charge in [0.05, 0.1) is 16.5 Å². The monoisotopic (exact) mass is 435 g/mol. The number of amides is 1. The second-order valence-corrected chi connectivity index (χ2v) is 7.79. The number of benzene rings is 2. The van der Waals surface area contributed by atoms with Crippen molar-refractivity contribution in [3.63, 3.8) is 0 Å². The standard InChI is InChI=1S/C23H21N3O6/c1-24(2)11-12-25-20(14-7-9-16(10-8-14)26(30)31)19(22(28)23(25)29)21(27)18-13-15-5-3-4-6-17(15)32-18/h3-10,13,20,28H,11-12H2,1-2H3/t20-/m1/s1. The number of furan rings is 1. The predicted molar refractivity (Wildman–Crippen MR) is 116 cm³/mol. The van der Waals surface area contributed by atoms with Crippen molar-refractivity contribution in [2.24, 2.45) is 0 Å². The molecule has 32 heavy (non-hydrogen) atoms. The smallest absolute Gasteiger partial charge is 0.290 e. The van der Waals surface area contributed by atoms with Crippen LogP contribution in [0.2, 0.25) is 0 Å². The minimum atomic E-state index is -0.899. The minimum absolute atomic E-state index is 0.00178. The molecular formula is C23H21N3O6. The summed E-state index contributed by atoms with van der Waals surface area (Å²) in [6.45, 7) is 0.739. The molecular weight excluding hydrogens is 414 g/mol. The van der Waals surface area contributed by atoms with E-state index >= 15 is 0 Å². The Morgan fingerprint density at radius 3 is 2.50 bits per heavy atom. The van der Waals surface area contributed by atoms with Crippen LogP contribution in [-0.2, 0) is 4.79 Å². The van der Waals surface area contributed by atoms with Crippen molar-refractivity contribution in [1.29, 1.82) is 0 Å². The number of Topliss-reactive ketones (excluding diaryl/α,β-unsaturated/α-hetero) is 1. The minimum Gasteiger partial charge on any atom is -0.503 e. The molecule has 0 radical (unpaired) electrons. The van der Waals surface area contributed by atoms with Crippen LogP contribution in [-0.4, -0.2) is 58.7 Å². The number of carbonyl (C=O) groups is 2. The Hall–Kier alpha value is -3.98. The summed E-state index contributed by atoms with van der Waals surface area (Å²) in [4.78, 5) is 40.1. The maximum absolute atomic E-state index is 13.4. The van der Waals surface area contributed by atoms with Crippen molar-refractivity contribution in [3.8, 4) is 0 Å². The summed E-state index contributed by atoms with van der Waals surface area (Å²) in [5.74, 6) is -1.92. The first kappa shape index (κ1) is 21.3. The molecule has 1 aliphatic rings. The molecule has 1 atom stereocenters. The van der Waals surface area contributed by atoms with Gasteiger partial charge in [0.1, 0.15) is 5.58 Å². The zero-order chi connectivity index (χ0) is 23.0. The first-order valence-electron chi connectivity index (χ1n) is 9.94. The second kappa shape index (κ2) is 8.27. The molecule has 2 heterocycles. The van der Waals surface area contributed by atoms with Crippen molar-refractivity contribution in [3.05, 3.63) is 87.4 Å². The molecule has 9 heteroatoms. The number of aliphatic hydroxyl groups excluding tert-OH is 1. The average Bonchev–Trinajstić information content (AvgIpc) is 3.31. The third-order valence-corrected chi connectivity index (χ3v) is 5.41. The van der Waals surface area contributed by atoms with E-state index in [0.717, 1.165) is 5.39 Å². The highest BCUT2D eigenvalue weighted by molar-refractivity contribution is 6.16. The van der Waals surface area contributed by atoms with Gasteiger partial charge >= 0.3 is 0 Å². The number of nitro benzene ring substituents is 1. The molecule has 0 fully saturated rings. The molecule has 164 valence electrons. The fourth-order valence-electron chi connectivity index (χ4n) is 3.78. The van der Waals surface area contributed by atoms with Crippen LogP contribution in [0, 0.1) is 10.1 Å². The van der Waals surface area contributed by atoms with E-state index in [0.29, 0.717) is 17.7 Å². The van der Waals surface area contributed by atoms with Crippen molar-refractivity contribution in [2.45, 2.75) is 6.04 Å². The number of nitro groups is 1. The van der Waals surface area contributed by atoms with Crippen LogP contribution in [0.1, 0.15) is 22.2 Å². The molecule has 0 bridgehead atoms. The van der Waals surface area contributed by atoms with E-state index < -0.39 is 28.4 Å². The lowest BCUT2D eigenvalue weighted by Gasteiger charge is -2.27. The Labute approximate surface area is 183 Å². The molecule has 0 spiro atoms. The van der Waals surface area contributed by atoms with Crippen molar-refractivity contribution in [2.75, 3.05) is 27.2 Å². The largest absolute Gasteiger partial charge is 0.503 e. The van der Waals surface area contributed by atoms with E-state index in [2.05, 4.69) is 0 Å². The van der Waals surface area contributed by atoms with E-state index in [4.69, 9.17) is 4.42 Å². The molecule has 0 aliphatic carbocycles. The van der Waals surface area contributed by atoms with Gasteiger partial charge in [-0.15, -0.1) is 0 Å². The lowest BCUT2D eigenvalue weighted by molar-refractivity contribution is -0.384. The number of hydrogen-bond donors (Lipinski definition) is 1. The lowest BCUT2D eigenvalue weighted by atomic mass is 9.95. The molecule has 1 aromatic heterocycles. The number of para-hydroxylation sites is 1. The third kappa shape index (κ3) is 3.74. The molecule has 4 rings (SSSR count). The highest BCUT2D eigenvalue weighted by Gasteiger charge is 2.44. The Morgan fingerprint density at radius 1 is 1.19 bits per heavy atom. The van der Waals surface area contributed by atoms with Crippen LogP contribution < -0.4 is 0 Å². The van der Waals surface area contributed by atoms with Crippen LogP contribution in [0.15, 0.2) is 70.3 Å². The second-order valence-electron chi connectivity index (χ2n) is 7.79. The number of non-ortho nitro benzene ring substituents is 1. The maximum Gasteiger partial charge on any atom is 0.290 e.